The van der Waals surface area contributed by atoms with Crippen molar-refractivity contribution < 1.29 is 9.59 Å². The van der Waals surface area contributed by atoms with Crippen molar-refractivity contribution in [3.05, 3.63) is 5.21 Å². The number of carbonyl (C=O) groups is 2. The second kappa shape index (κ2) is 6.41. The topological polar surface area (TPSA) is 133 Å². The molecule has 0 heterocycles. The number of hydrogen-bond donors (Lipinski definition) is 4. The lowest BCUT2D eigenvalue weighted by Gasteiger charge is -2.27. The molecule has 0 aromatic heterocycles. The fourth-order valence-electron chi connectivity index (χ4n) is 1.02. The molecule has 0 bridgehead atoms. The number of amides is 2. The Morgan fingerprint density at radius 3 is 2.38 bits per heavy atom. The molecule has 0 saturated carbocycles. The van der Waals surface area contributed by atoms with E-state index in [0.29, 0.717) is 19.4 Å². The molecule has 1 atom stereocenters. The smallest absolute Gasteiger partial charge is 0.242 e. The van der Waals surface area contributed by atoms with Gasteiger partial charge in [-0.3, -0.25) is 9.59 Å². The minimum atomic E-state index is -1.17. The molecule has 0 spiro atoms. The van der Waals surface area contributed by atoms with E-state index in [2.05, 4.69) is 5.32 Å². The third-order valence-electron chi connectivity index (χ3n) is 2.21. The Labute approximate surface area is 94.5 Å². The maximum Gasteiger partial charge on any atom is 0.242 e. The Balaban J connectivity index is 4.36. The molecule has 0 aliphatic carbocycles. The standard InChI is InChI=1S/C9H19N4O3/c1-9(2,8(11)15)12-7(14)6(13-16)4-3-5-10/h6,13H,3-5,10H2,1-2H3,(H2,11,15)(H,12,14)/q-1. The van der Waals surface area contributed by atoms with Crippen LogP contribution in [0.5, 0.6) is 0 Å². The fourth-order valence-corrected chi connectivity index (χ4v) is 1.02. The first kappa shape index (κ1) is 14.8. The van der Waals surface area contributed by atoms with E-state index in [1.807, 2.05) is 0 Å². The summed E-state index contributed by atoms with van der Waals surface area (Å²) in [5.74, 6) is -1.21. The van der Waals surface area contributed by atoms with Crippen LogP contribution < -0.4 is 22.3 Å². The molecule has 7 heteroatoms. The summed E-state index contributed by atoms with van der Waals surface area (Å²) < 4.78 is 0. The largest absolute Gasteiger partial charge is 0.787 e. The molecule has 0 saturated heterocycles. The molecule has 0 radical (unpaired) electrons. The van der Waals surface area contributed by atoms with Crippen molar-refractivity contribution in [3.8, 4) is 0 Å². The van der Waals surface area contributed by atoms with Crippen LogP contribution in [0.4, 0.5) is 0 Å². The molecule has 0 rings (SSSR count). The van der Waals surface area contributed by atoms with E-state index in [9.17, 15) is 14.8 Å². The SMILES string of the molecule is CC(C)(NC(=O)C(CCCN)N[O-])C(N)=O. The van der Waals surface area contributed by atoms with Crippen LogP contribution in [0.25, 0.3) is 0 Å². The summed E-state index contributed by atoms with van der Waals surface area (Å²) in [6, 6.07) is -0.901. The monoisotopic (exact) mass is 231 g/mol. The van der Waals surface area contributed by atoms with Gasteiger partial charge in [-0.25, -0.2) is 0 Å². The van der Waals surface area contributed by atoms with Gasteiger partial charge in [-0.2, -0.15) is 0 Å². The van der Waals surface area contributed by atoms with Crippen LogP contribution in [0, 0.1) is 5.21 Å². The van der Waals surface area contributed by atoms with Crippen molar-refractivity contribution >= 4 is 11.8 Å². The molecule has 0 aliphatic rings. The first-order valence-corrected chi connectivity index (χ1v) is 5.04. The van der Waals surface area contributed by atoms with Crippen LogP contribution in [0.2, 0.25) is 0 Å². The first-order chi connectivity index (χ1) is 7.35. The predicted molar refractivity (Wildman–Crippen MR) is 60.0 cm³/mol. The van der Waals surface area contributed by atoms with E-state index in [1.54, 1.807) is 5.48 Å². The summed E-state index contributed by atoms with van der Waals surface area (Å²) >= 11 is 0. The van der Waals surface area contributed by atoms with Crippen molar-refractivity contribution in [1.29, 1.82) is 0 Å². The third kappa shape index (κ3) is 4.56. The van der Waals surface area contributed by atoms with E-state index in [4.69, 9.17) is 11.5 Å². The van der Waals surface area contributed by atoms with Crippen molar-refractivity contribution in [2.75, 3.05) is 6.54 Å². The fraction of sp³-hybridized carbons (Fsp3) is 0.778. The Bertz CT molecular complexity index is 255. The van der Waals surface area contributed by atoms with Crippen LogP contribution in [0.15, 0.2) is 0 Å². The van der Waals surface area contributed by atoms with E-state index in [1.165, 1.54) is 13.8 Å². The molecule has 1 unspecified atom stereocenters. The molecule has 0 fully saturated rings. The van der Waals surface area contributed by atoms with Crippen LogP contribution in [-0.4, -0.2) is 29.9 Å². The maximum atomic E-state index is 11.6. The van der Waals surface area contributed by atoms with Crippen molar-refractivity contribution in [2.24, 2.45) is 11.5 Å². The molecular formula is C9H19N4O3-. The molecule has 94 valence electrons. The molecular weight excluding hydrogens is 212 g/mol. The number of hydrogen-bond acceptors (Lipinski definition) is 5. The van der Waals surface area contributed by atoms with Gasteiger partial charge in [0.2, 0.25) is 11.8 Å². The minimum absolute atomic E-state index is 0.320. The quantitative estimate of drug-likeness (QED) is 0.398. The lowest BCUT2D eigenvalue weighted by molar-refractivity contribution is -0.131. The van der Waals surface area contributed by atoms with Crippen molar-refractivity contribution in [3.63, 3.8) is 0 Å². The van der Waals surface area contributed by atoms with Gasteiger partial charge in [-0.1, -0.05) is 0 Å². The minimum Gasteiger partial charge on any atom is -0.787 e. The first-order valence-electron chi connectivity index (χ1n) is 5.04. The van der Waals surface area contributed by atoms with Crippen LogP contribution in [0.1, 0.15) is 26.7 Å². The molecule has 7 nitrogen and oxygen atoms in total. The van der Waals surface area contributed by atoms with Crippen LogP contribution >= 0.6 is 0 Å². The predicted octanol–water partition coefficient (Wildman–Crippen LogP) is -1.44. The number of carbonyl (C=O) groups excluding carboxylic acids is 2. The number of primary amides is 1. The van der Waals surface area contributed by atoms with Gasteiger partial charge in [0.25, 0.3) is 0 Å². The highest BCUT2D eigenvalue weighted by Gasteiger charge is 2.28. The number of nitrogens with one attached hydrogen (secondary N) is 2. The normalized spacial score (nSPS) is 13.2. The molecule has 16 heavy (non-hydrogen) atoms. The summed E-state index contributed by atoms with van der Waals surface area (Å²) in [6.45, 7) is 3.33. The van der Waals surface area contributed by atoms with E-state index < -0.39 is 23.4 Å². The average Bonchev–Trinajstić information content (AvgIpc) is 2.18. The zero-order valence-corrected chi connectivity index (χ0v) is 9.58. The molecule has 0 aliphatic heterocycles. The van der Waals surface area contributed by atoms with E-state index >= 15 is 0 Å². The number of hydroxylamine groups is 1. The van der Waals surface area contributed by atoms with Gasteiger partial charge >= 0.3 is 0 Å². The highest BCUT2D eigenvalue weighted by Crippen LogP contribution is 2.03. The Hall–Kier alpha value is -1.18. The van der Waals surface area contributed by atoms with Gasteiger partial charge < -0.3 is 27.5 Å². The van der Waals surface area contributed by atoms with Gasteiger partial charge in [-0.05, 0) is 33.2 Å². The molecule has 0 aromatic rings. The van der Waals surface area contributed by atoms with Crippen molar-refractivity contribution in [2.45, 2.75) is 38.3 Å². The Morgan fingerprint density at radius 1 is 1.44 bits per heavy atom. The molecule has 0 aromatic carbocycles. The maximum absolute atomic E-state index is 11.6. The average molecular weight is 231 g/mol. The second-order valence-electron chi connectivity index (χ2n) is 4.08. The van der Waals surface area contributed by atoms with Crippen LogP contribution in [-0.2, 0) is 9.59 Å². The summed E-state index contributed by atoms with van der Waals surface area (Å²) in [5, 5.41) is 13.0. The summed E-state index contributed by atoms with van der Waals surface area (Å²) in [5.41, 5.74) is 10.8. The van der Waals surface area contributed by atoms with Gasteiger partial charge in [0, 0.05) is 0 Å². The zero-order chi connectivity index (χ0) is 12.8. The highest BCUT2D eigenvalue weighted by atomic mass is 16.5. The zero-order valence-electron chi connectivity index (χ0n) is 9.58. The Morgan fingerprint density at radius 2 is 2.00 bits per heavy atom. The van der Waals surface area contributed by atoms with E-state index in [-0.39, 0.29) is 0 Å². The van der Waals surface area contributed by atoms with Gasteiger partial charge in [0.1, 0.15) is 5.54 Å². The summed E-state index contributed by atoms with van der Waals surface area (Å²) in [6.07, 6.45) is 0.866. The summed E-state index contributed by atoms with van der Waals surface area (Å²) in [4.78, 5) is 22.5. The number of nitrogens with two attached hydrogens (primary N) is 2. The highest BCUT2D eigenvalue weighted by molar-refractivity contribution is 5.91. The Kier molecular flexibility index (Phi) is 5.94. The van der Waals surface area contributed by atoms with Crippen LogP contribution in [0.3, 0.4) is 0 Å². The van der Waals surface area contributed by atoms with Gasteiger partial charge in [0.05, 0.1) is 6.04 Å². The van der Waals surface area contributed by atoms with E-state index in [0.717, 1.165) is 0 Å². The van der Waals surface area contributed by atoms with Crippen molar-refractivity contribution in [1.82, 2.24) is 10.8 Å². The third-order valence-corrected chi connectivity index (χ3v) is 2.21. The lowest BCUT2D eigenvalue weighted by atomic mass is 10.0. The number of rotatable bonds is 7. The molecule has 2 amide bonds. The second-order valence-corrected chi connectivity index (χ2v) is 4.08. The summed E-state index contributed by atoms with van der Waals surface area (Å²) in [7, 11) is 0. The van der Waals surface area contributed by atoms with Gasteiger partial charge in [-0.15, -0.1) is 0 Å². The molecule has 6 N–H and O–H groups in total. The van der Waals surface area contributed by atoms with Gasteiger partial charge in [0.15, 0.2) is 0 Å². The lowest BCUT2D eigenvalue weighted by Crippen LogP contribution is -2.57.